The fourth-order valence-electron chi connectivity index (χ4n) is 9.99. The van der Waals surface area contributed by atoms with Crippen LogP contribution in [0.25, 0.3) is 55.5 Å². The van der Waals surface area contributed by atoms with Gasteiger partial charge >= 0.3 is 0 Å². The maximum Gasteiger partial charge on any atom is 0.156 e. The van der Waals surface area contributed by atoms with E-state index in [0.717, 1.165) is 92.9 Å². The molecule has 0 bridgehead atoms. The van der Waals surface area contributed by atoms with Crippen LogP contribution in [0.15, 0.2) is 212 Å². The number of rotatable bonds is 8. The molecular weight excluding hydrogens is 781 g/mol. The summed E-state index contributed by atoms with van der Waals surface area (Å²) in [7, 11) is 0. The maximum atomic E-state index is 5.62. The van der Waals surface area contributed by atoms with Crippen molar-refractivity contribution in [1.82, 2.24) is 19.5 Å². The number of benzene rings is 6. The molecule has 6 nitrogen and oxygen atoms in total. The van der Waals surface area contributed by atoms with E-state index in [9.17, 15) is 0 Å². The van der Waals surface area contributed by atoms with Crippen LogP contribution in [0.4, 0.5) is 11.4 Å². The highest BCUT2D eigenvalue weighted by Gasteiger charge is 2.33. The van der Waals surface area contributed by atoms with Gasteiger partial charge in [-0.15, -0.1) is 0 Å². The largest absolute Gasteiger partial charge is 0.359 e. The Morgan fingerprint density at radius 3 is 2.14 bits per heavy atom. The highest BCUT2D eigenvalue weighted by atomic mass is 15.3. The molecule has 0 spiro atoms. The van der Waals surface area contributed by atoms with Gasteiger partial charge in [0, 0.05) is 34.2 Å². The molecule has 3 heterocycles. The summed E-state index contributed by atoms with van der Waals surface area (Å²) in [5.74, 6) is 2.15. The molecule has 0 radical (unpaired) electrons. The Labute approximate surface area is 373 Å². The molecule has 0 fully saturated rings. The van der Waals surface area contributed by atoms with Crippen LogP contribution in [0.1, 0.15) is 66.6 Å². The van der Waals surface area contributed by atoms with Crippen molar-refractivity contribution in [3.63, 3.8) is 0 Å². The Hall–Kier alpha value is -7.83. The van der Waals surface area contributed by atoms with E-state index in [1.54, 1.807) is 0 Å². The molecular formula is C58H46N6. The van der Waals surface area contributed by atoms with E-state index < -0.39 is 0 Å². The fourth-order valence-corrected chi connectivity index (χ4v) is 9.99. The zero-order valence-electron chi connectivity index (χ0n) is 35.4. The van der Waals surface area contributed by atoms with Crippen LogP contribution in [0.5, 0.6) is 0 Å². The third-order valence-corrected chi connectivity index (χ3v) is 13.2. The Bertz CT molecular complexity index is 3260. The summed E-state index contributed by atoms with van der Waals surface area (Å²) in [5, 5.41) is 4.89. The molecule has 0 amide bonds. The summed E-state index contributed by atoms with van der Waals surface area (Å²) in [6, 6.07) is 53.9. The normalized spacial score (nSPS) is 19.0. The van der Waals surface area contributed by atoms with Crippen molar-refractivity contribution in [2.75, 3.05) is 10.2 Å². The predicted molar refractivity (Wildman–Crippen MR) is 264 cm³/mol. The van der Waals surface area contributed by atoms with E-state index in [0.29, 0.717) is 0 Å². The Balaban J connectivity index is 0.986. The number of para-hydroxylation sites is 4. The Kier molecular flexibility index (Phi) is 9.55. The predicted octanol–water partition coefficient (Wildman–Crippen LogP) is 14.2. The first-order chi connectivity index (χ1) is 31.7. The van der Waals surface area contributed by atoms with Gasteiger partial charge in [0.15, 0.2) is 5.82 Å². The summed E-state index contributed by atoms with van der Waals surface area (Å²) in [4.78, 5) is 18.8. The highest BCUT2D eigenvalue weighted by Crippen LogP contribution is 2.46. The first-order valence-corrected chi connectivity index (χ1v) is 22.5. The van der Waals surface area contributed by atoms with E-state index in [4.69, 9.17) is 15.0 Å². The number of imidazole rings is 1. The molecule has 6 heteroatoms. The quantitative estimate of drug-likeness (QED) is 0.165. The lowest BCUT2D eigenvalue weighted by Gasteiger charge is -2.30. The minimum atomic E-state index is -0.0112. The molecule has 0 saturated heterocycles. The van der Waals surface area contributed by atoms with Crippen molar-refractivity contribution in [3.05, 3.63) is 235 Å². The SMILES string of the molecule is C1=CCC(c2nc3ccccc3n2C2=CC=C(c3nc(C4C=CC(N5c6ccccc6NC5c5ccccc5)=CC4)c4cc(-c5ccccc5)cc(-c5ccccc5)c4n3)CC2)C=C1. The van der Waals surface area contributed by atoms with Gasteiger partial charge in [-0.3, -0.25) is 4.57 Å². The number of anilines is 2. The fraction of sp³-hybridized carbons (Fsp3) is 0.121. The first kappa shape index (κ1) is 37.9. The first-order valence-electron chi connectivity index (χ1n) is 22.5. The summed E-state index contributed by atoms with van der Waals surface area (Å²) < 4.78 is 2.40. The van der Waals surface area contributed by atoms with Gasteiger partial charge in [-0.1, -0.05) is 158 Å². The van der Waals surface area contributed by atoms with Gasteiger partial charge in [0.05, 0.1) is 33.6 Å². The van der Waals surface area contributed by atoms with Gasteiger partial charge in [0.2, 0.25) is 0 Å². The molecule has 64 heavy (non-hydrogen) atoms. The molecule has 2 aromatic heterocycles. The average Bonchev–Trinajstić information content (AvgIpc) is 3.97. The van der Waals surface area contributed by atoms with Crippen molar-refractivity contribution in [2.24, 2.45) is 0 Å². The topological polar surface area (TPSA) is 58.9 Å². The summed E-state index contributed by atoms with van der Waals surface area (Å²) >= 11 is 0. The van der Waals surface area contributed by atoms with Gasteiger partial charge < -0.3 is 10.2 Å². The number of hydrogen-bond donors (Lipinski definition) is 1. The summed E-state index contributed by atoms with van der Waals surface area (Å²) in [5.41, 5.74) is 15.9. The lowest BCUT2D eigenvalue weighted by Crippen LogP contribution is -2.27. The number of fused-ring (bicyclic) bond motifs is 3. The number of hydrogen-bond acceptors (Lipinski definition) is 5. The molecule has 12 rings (SSSR count). The maximum absolute atomic E-state index is 5.62. The molecule has 3 aliphatic carbocycles. The van der Waals surface area contributed by atoms with Crippen LogP contribution < -0.4 is 10.2 Å². The molecule has 308 valence electrons. The highest BCUT2D eigenvalue weighted by molar-refractivity contribution is 6.00. The summed E-state index contributed by atoms with van der Waals surface area (Å²) in [6.45, 7) is 0. The summed E-state index contributed by atoms with van der Waals surface area (Å²) in [6.07, 6.45) is 23.8. The minimum Gasteiger partial charge on any atom is -0.359 e. The molecule has 1 aliphatic heterocycles. The lowest BCUT2D eigenvalue weighted by atomic mass is 9.89. The molecule has 6 aromatic carbocycles. The minimum absolute atomic E-state index is 0.0112. The van der Waals surface area contributed by atoms with E-state index in [1.165, 1.54) is 28.2 Å². The monoisotopic (exact) mass is 826 g/mol. The number of nitrogens with one attached hydrogen (secondary N) is 1. The van der Waals surface area contributed by atoms with Crippen LogP contribution in [0, 0.1) is 0 Å². The number of nitrogens with zero attached hydrogens (tertiary/aromatic N) is 5. The van der Waals surface area contributed by atoms with Crippen molar-refractivity contribution >= 4 is 44.6 Å². The third-order valence-electron chi connectivity index (χ3n) is 13.2. The van der Waals surface area contributed by atoms with E-state index in [2.05, 4.69) is 221 Å². The smallest absolute Gasteiger partial charge is 0.156 e. The second-order valence-corrected chi connectivity index (χ2v) is 17.1. The molecule has 4 aliphatic rings. The number of aromatic nitrogens is 4. The average molecular weight is 827 g/mol. The molecule has 8 aromatic rings. The van der Waals surface area contributed by atoms with Gasteiger partial charge in [-0.05, 0) is 102 Å². The standard InChI is InChI=1S/C58H46N6/c1-5-17-39(18-6-1)45-37-48(40-19-7-2-8-20-40)55-49(38-45)54(41-29-33-46(34-30-41)63-52-27-15-13-25-50(52)59-57(63)43-21-9-3-10-22-43)61-56(62-55)42-31-35-47(36-32-42)64-53-28-16-14-26-51(53)60-58(64)44-23-11-4-12-24-44/h1-23,25-29,31,33-35,37-38,41,44,57,59H,24,30,32,36H2. The van der Waals surface area contributed by atoms with Gasteiger partial charge in [0.1, 0.15) is 12.0 Å². The van der Waals surface area contributed by atoms with Crippen molar-refractivity contribution < 1.29 is 0 Å². The van der Waals surface area contributed by atoms with Crippen LogP contribution in [-0.4, -0.2) is 19.5 Å². The van der Waals surface area contributed by atoms with Gasteiger partial charge in [-0.25, -0.2) is 15.0 Å². The number of allylic oxidation sites excluding steroid dienone is 11. The van der Waals surface area contributed by atoms with Crippen LogP contribution in [-0.2, 0) is 0 Å². The molecule has 0 saturated carbocycles. The van der Waals surface area contributed by atoms with E-state index in [-0.39, 0.29) is 18.0 Å². The van der Waals surface area contributed by atoms with Crippen molar-refractivity contribution in [3.8, 4) is 22.3 Å². The van der Waals surface area contributed by atoms with Crippen LogP contribution >= 0.6 is 0 Å². The van der Waals surface area contributed by atoms with Crippen LogP contribution in [0.2, 0.25) is 0 Å². The zero-order valence-corrected chi connectivity index (χ0v) is 35.4. The molecule has 3 atom stereocenters. The third kappa shape index (κ3) is 6.79. The zero-order chi connectivity index (χ0) is 42.4. The van der Waals surface area contributed by atoms with Crippen molar-refractivity contribution in [2.45, 2.75) is 43.7 Å². The molecule has 3 unspecified atom stereocenters. The van der Waals surface area contributed by atoms with Crippen LogP contribution in [0.3, 0.4) is 0 Å². The Morgan fingerprint density at radius 2 is 1.38 bits per heavy atom. The molecule has 1 N–H and O–H groups in total. The van der Waals surface area contributed by atoms with E-state index in [1.807, 2.05) is 0 Å². The van der Waals surface area contributed by atoms with Crippen molar-refractivity contribution in [1.29, 1.82) is 0 Å². The van der Waals surface area contributed by atoms with Gasteiger partial charge in [-0.2, -0.15) is 0 Å². The van der Waals surface area contributed by atoms with Gasteiger partial charge in [0.25, 0.3) is 0 Å². The van der Waals surface area contributed by atoms with E-state index >= 15 is 0 Å². The Morgan fingerprint density at radius 1 is 0.609 bits per heavy atom. The second kappa shape index (κ2) is 16.1. The second-order valence-electron chi connectivity index (χ2n) is 17.1. The lowest BCUT2D eigenvalue weighted by molar-refractivity contribution is 0.752.